The number of halogens is 2. The summed E-state index contributed by atoms with van der Waals surface area (Å²) in [4.78, 5) is 7.47. The molecule has 0 saturated heterocycles. The highest BCUT2D eigenvalue weighted by molar-refractivity contribution is 6.74. The van der Waals surface area contributed by atoms with Gasteiger partial charge in [-0.05, 0) is 42.7 Å². The van der Waals surface area contributed by atoms with Crippen molar-refractivity contribution < 1.29 is 22.7 Å². The molecule has 2 rings (SSSR count). The first kappa shape index (κ1) is 43.8. The Labute approximate surface area is 266 Å². The molecule has 0 aromatic rings. The summed E-state index contributed by atoms with van der Waals surface area (Å²) in [6.45, 7) is 44.1. The lowest BCUT2D eigenvalue weighted by molar-refractivity contribution is 0.0382. The first-order valence-electron chi connectivity index (χ1n) is 15.0. The average molecular weight is 643 g/mol. The molecule has 0 aliphatic heterocycles. The summed E-state index contributed by atoms with van der Waals surface area (Å²) >= 11 is 0. The van der Waals surface area contributed by atoms with Crippen LogP contribution in [0.15, 0.2) is 23.8 Å². The van der Waals surface area contributed by atoms with Crippen LogP contribution in [0.25, 0.3) is 9.69 Å². The smallest absolute Gasteiger partial charge is 0.263 e. The SMILES string of the molecule is C.C.[C-]#[N+][C@]1(CC)/C(=C\F)[C@H](O[Si](C)(C)C(C)(C)C)C[C@@H]1C.[C-]#[N+][C@]1(CC)/C(=C\F)[C@H](O[Si](C)(C)C(C)(C)C)[C@H](O)[C@@H]1C. The lowest BCUT2D eigenvalue weighted by Gasteiger charge is -2.39. The van der Waals surface area contributed by atoms with Crippen molar-refractivity contribution in [1.29, 1.82) is 0 Å². The zero-order chi connectivity index (χ0) is 32.4. The summed E-state index contributed by atoms with van der Waals surface area (Å²) in [5, 5.41) is 10.6. The van der Waals surface area contributed by atoms with Crippen LogP contribution in [-0.2, 0) is 8.85 Å². The van der Waals surface area contributed by atoms with Crippen LogP contribution >= 0.6 is 0 Å². The molecule has 5 nitrogen and oxygen atoms in total. The molecule has 0 unspecified atom stereocenters. The molecule has 0 amide bonds. The van der Waals surface area contributed by atoms with Crippen LogP contribution in [0.3, 0.4) is 0 Å². The van der Waals surface area contributed by atoms with Crippen molar-refractivity contribution in [2.75, 3.05) is 0 Å². The van der Waals surface area contributed by atoms with Crippen LogP contribution in [0.1, 0.15) is 103 Å². The average Bonchev–Trinajstić information content (AvgIpc) is 3.24. The van der Waals surface area contributed by atoms with Crippen molar-refractivity contribution >= 4 is 16.6 Å². The predicted octanol–water partition coefficient (Wildman–Crippen LogP) is 10.9. The Hall–Kier alpha value is -1.37. The molecule has 2 fully saturated rings. The van der Waals surface area contributed by atoms with Crippen molar-refractivity contribution in [3.63, 3.8) is 0 Å². The standard InChI is InChI=1S/C16H28FNO2Si.C16H28FNOSi.2CH4/c1-9-16(18-6)11(2)13(19)14(12(16)10-17)20-21(7,8)15(3,4)5;1-9-16(18-6)12(2)10-14(13(16)11-17)19-20(7,8)15(3,4)5;;/h10-11,13-14,19H,9H2,1-5,7-8H3;11-12,14H,9-10H2,1-5,7-8H3;2*1H4/b12-10-;13-11-;;/t11-,13+,14-,16-;12-,14+,16-;;/m00../s1. The number of hydrogen-bond donors (Lipinski definition) is 1. The molecule has 2 aliphatic carbocycles. The van der Waals surface area contributed by atoms with Crippen molar-refractivity contribution in [2.24, 2.45) is 11.8 Å². The molecule has 0 heterocycles. The van der Waals surface area contributed by atoms with Crippen molar-refractivity contribution in [3.8, 4) is 0 Å². The highest BCUT2D eigenvalue weighted by atomic mass is 28.4. The highest BCUT2D eigenvalue weighted by Crippen LogP contribution is 2.51. The third-order valence-corrected chi connectivity index (χ3v) is 19.7. The van der Waals surface area contributed by atoms with E-state index in [0.717, 1.165) is 6.42 Å². The maximum absolute atomic E-state index is 13.6. The lowest BCUT2D eigenvalue weighted by Crippen LogP contribution is -2.46. The molecule has 0 spiro atoms. The Balaban J connectivity index is 0. The van der Waals surface area contributed by atoms with E-state index in [1.54, 1.807) is 0 Å². The zero-order valence-electron chi connectivity index (χ0n) is 28.1. The fourth-order valence-corrected chi connectivity index (χ4v) is 8.16. The minimum Gasteiger partial charge on any atom is -0.410 e. The van der Waals surface area contributed by atoms with E-state index in [1.807, 2.05) is 27.7 Å². The molecule has 0 radical (unpaired) electrons. The molecule has 0 aromatic heterocycles. The monoisotopic (exact) mass is 642 g/mol. The van der Waals surface area contributed by atoms with Gasteiger partial charge >= 0.3 is 0 Å². The van der Waals surface area contributed by atoms with Gasteiger partial charge in [0, 0.05) is 18.8 Å². The molecule has 0 bridgehead atoms. The summed E-state index contributed by atoms with van der Waals surface area (Å²) in [5.41, 5.74) is -0.819. The summed E-state index contributed by atoms with van der Waals surface area (Å²) in [6, 6.07) is 0. The van der Waals surface area contributed by atoms with Crippen molar-refractivity contribution in [2.45, 2.75) is 169 Å². The number of rotatable bonds is 6. The van der Waals surface area contributed by atoms with Crippen LogP contribution < -0.4 is 0 Å². The van der Waals surface area contributed by atoms with Crippen LogP contribution in [0, 0.1) is 25.0 Å². The Kier molecular flexibility index (Phi) is 15.5. The molecule has 7 atom stereocenters. The van der Waals surface area contributed by atoms with E-state index in [9.17, 15) is 13.9 Å². The van der Waals surface area contributed by atoms with Crippen LogP contribution in [0.5, 0.6) is 0 Å². The number of aliphatic hydroxyl groups is 1. The third-order valence-electron chi connectivity index (χ3n) is 10.8. The molecule has 43 heavy (non-hydrogen) atoms. The largest absolute Gasteiger partial charge is 0.410 e. The van der Waals surface area contributed by atoms with Crippen LogP contribution in [-0.4, -0.2) is 51.1 Å². The van der Waals surface area contributed by atoms with Crippen LogP contribution in [0.2, 0.25) is 36.3 Å². The van der Waals surface area contributed by atoms with Gasteiger partial charge in [0.1, 0.15) is 6.10 Å². The van der Waals surface area contributed by atoms with Gasteiger partial charge < -0.3 is 23.6 Å². The number of nitrogens with zero attached hydrogens (tertiary/aromatic N) is 2. The quantitative estimate of drug-likeness (QED) is 0.232. The first-order valence-corrected chi connectivity index (χ1v) is 20.8. The first-order chi connectivity index (χ1) is 18.5. The molecule has 2 saturated carbocycles. The molecule has 1 N–H and O–H groups in total. The normalized spacial score (nSPS) is 33.1. The van der Waals surface area contributed by atoms with Gasteiger partial charge in [0.2, 0.25) is 0 Å². The minimum absolute atomic E-state index is 0. The van der Waals surface area contributed by atoms with Gasteiger partial charge in [-0.15, -0.1) is 0 Å². The van der Waals surface area contributed by atoms with Gasteiger partial charge in [-0.3, -0.25) is 0 Å². The second-order valence-corrected chi connectivity index (χ2v) is 24.5. The lowest BCUT2D eigenvalue weighted by atomic mass is 9.83. The molecule has 250 valence electrons. The van der Waals surface area contributed by atoms with E-state index in [0.29, 0.717) is 36.6 Å². The van der Waals surface area contributed by atoms with Gasteiger partial charge in [0.15, 0.2) is 16.6 Å². The number of aliphatic hydroxyl groups excluding tert-OH is 1. The predicted molar refractivity (Wildman–Crippen MR) is 184 cm³/mol. The molecular formula is C34H64F2N2O3Si2. The third kappa shape index (κ3) is 8.08. The fraction of sp³-hybridized carbons (Fsp3) is 0.824. The molecule has 9 heteroatoms. The summed E-state index contributed by atoms with van der Waals surface area (Å²) in [7, 11) is -4.11. The maximum atomic E-state index is 13.6. The molecule has 2 aliphatic rings. The van der Waals surface area contributed by atoms with E-state index in [-0.39, 0.29) is 42.9 Å². The van der Waals surface area contributed by atoms with Crippen molar-refractivity contribution in [1.82, 2.24) is 0 Å². The second kappa shape index (κ2) is 15.3. The number of hydrogen-bond acceptors (Lipinski definition) is 3. The van der Waals surface area contributed by atoms with E-state index >= 15 is 0 Å². The summed E-state index contributed by atoms with van der Waals surface area (Å²) in [5.74, 6) is -0.196. The topological polar surface area (TPSA) is 47.4 Å². The second-order valence-electron chi connectivity index (χ2n) is 15.0. The van der Waals surface area contributed by atoms with Gasteiger partial charge in [-0.1, -0.05) is 84.1 Å². The van der Waals surface area contributed by atoms with Gasteiger partial charge in [0.05, 0.1) is 41.9 Å². The van der Waals surface area contributed by atoms with Crippen molar-refractivity contribution in [3.05, 3.63) is 46.6 Å². The van der Waals surface area contributed by atoms with E-state index in [2.05, 4.69) is 77.4 Å². The maximum Gasteiger partial charge on any atom is 0.263 e. The minimum atomic E-state index is -2.16. The van der Waals surface area contributed by atoms with E-state index in [1.165, 1.54) is 0 Å². The zero-order valence-corrected chi connectivity index (χ0v) is 30.1. The van der Waals surface area contributed by atoms with Gasteiger partial charge in [-0.25, -0.2) is 21.9 Å². The Morgan fingerprint density at radius 1 is 0.837 bits per heavy atom. The van der Waals surface area contributed by atoms with Gasteiger partial charge in [-0.2, -0.15) is 0 Å². The van der Waals surface area contributed by atoms with Crippen LogP contribution in [0.4, 0.5) is 8.78 Å². The Morgan fingerprint density at radius 3 is 1.56 bits per heavy atom. The Bertz CT molecular complexity index is 1070. The highest BCUT2D eigenvalue weighted by Gasteiger charge is 2.62. The van der Waals surface area contributed by atoms with Gasteiger partial charge in [0.25, 0.3) is 11.1 Å². The van der Waals surface area contributed by atoms with E-state index < -0.39 is 39.9 Å². The van der Waals surface area contributed by atoms with E-state index in [4.69, 9.17) is 22.0 Å². The Morgan fingerprint density at radius 2 is 1.23 bits per heavy atom. The molecular weight excluding hydrogens is 579 g/mol. The molecule has 0 aromatic carbocycles. The fourth-order valence-electron chi connectivity index (χ4n) is 5.61. The summed E-state index contributed by atoms with van der Waals surface area (Å²) in [6.07, 6.45) is 1.22. The summed E-state index contributed by atoms with van der Waals surface area (Å²) < 4.78 is 39.7.